The lowest BCUT2D eigenvalue weighted by molar-refractivity contribution is -0.139. The molecule has 23 heavy (non-hydrogen) atoms. The molecule has 0 unspecified atom stereocenters. The standard InChI is InChI=1S/C15H18N4O4/c1-19-12(10-4-6-11(22-2)7-5-10)8-16-14(19)18-15(21)17-9-13(20)23-3/h4-8H,9H2,1-3H3,(H2,16,17,18,21). The van der Waals surface area contributed by atoms with Gasteiger partial charge in [-0.1, -0.05) is 0 Å². The van der Waals surface area contributed by atoms with Crippen molar-refractivity contribution in [1.29, 1.82) is 0 Å². The second kappa shape index (κ2) is 7.30. The van der Waals surface area contributed by atoms with Crippen LogP contribution in [0.2, 0.25) is 0 Å². The molecule has 0 bridgehead atoms. The molecule has 1 heterocycles. The molecule has 0 aliphatic rings. The van der Waals surface area contributed by atoms with Gasteiger partial charge < -0.3 is 19.4 Å². The Kier molecular flexibility index (Phi) is 5.19. The van der Waals surface area contributed by atoms with Crippen LogP contribution in [0, 0.1) is 0 Å². The minimum atomic E-state index is -0.537. The van der Waals surface area contributed by atoms with Crippen molar-refractivity contribution in [3.8, 4) is 17.0 Å². The Morgan fingerprint density at radius 3 is 2.52 bits per heavy atom. The zero-order chi connectivity index (χ0) is 16.8. The summed E-state index contributed by atoms with van der Waals surface area (Å²) in [6.45, 7) is -0.210. The van der Waals surface area contributed by atoms with Gasteiger partial charge in [0.1, 0.15) is 12.3 Å². The summed E-state index contributed by atoms with van der Waals surface area (Å²) in [5.41, 5.74) is 1.76. The minimum Gasteiger partial charge on any atom is -0.497 e. The normalized spacial score (nSPS) is 10.0. The van der Waals surface area contributed by atoms with Crippen LogP contribution in [0.25, 0.3) is 11.3 Å². The topological polar surface area (TPSA) is 94.5 Å². The van der Waals surface area contributed by atoms with Gasteiger partial charge in [0.15, 0.2) is 0 Å². The van der Waals surface area contributed by atoms with Crippen molar-refractivity contribution in [3.05, 3.63) is 30.5 Å². The first kappa shape index (κ1) is 16.3. The zero-order valence-electron chi connectivity index (χ0n) is 13.1. The number of aromatic nitrogens is 2. The number of benzene rings is 1. The average molecular weight is 318 g/mol. The first-order valence-corrected chi connectivity index (χ1v) is 6.83. The molecule has 0 fully saturated rings. The predicted octanol–water partition coefficient (Wildman–Crippen LogP) is 1.39. The second-order valence-corrected chi connectivity index (χ2v) is 4.64. The summed E-state index contributed by atoms with van der Waals surface area (Å²) in [4.78, 5) is 26.9. The first-order chi connectivity index (χ1) is 11.0. The van der Waals surface area contributed by atoms with Gasteiger partial charge in [0.05, 0.1) is 26.1 Å². The van der Waals surface area contributed by atoms with Crippen LogP contribution in [-0.4, -0.2) is 42.3 Å². The van der Waals surface area contributed by atoms with Crippen LogP contribution in [0.5, 0.6) is 5.75 Å². The average Bonchev–Trinajstić information content (AvgIpc) is 2.93. The van der Waals surface area contributed by atoms with Gasteiger partial charge in [-0.15, -0.1) is 0 Å². The molecule has 2 amide bonds. The van der Waals surface area contributed by atoms with Crippen LogP contribution in [0.15, 0.2) is 30.5 Å². The lowest BCUT2D eigenvalue weighted by Crippen LogP contribution is -2.34. The van der Waals surface area contributed by atoms with Crippen molar-refractivity contribution >= 4 is 17.9 Å². The number of hydrogen-bond donors (Lipinski definition) is 2. The summed E-state index contributed by atoms with van der Waals surface area (Å²) >= 11 is 0. The maximum Gasteiger partial charge on any atom is 0.325 e. The van der Waals surface area contributed by atoms with Crippen molar-refractivity contribution in [2.45, 2.75) is 0 Å². The third kappa shape index (κ3) is 4.00. The van der Waals surface area contributed by atoms with Gasteiger partial charge in [-0.25, -0.2) is 9.78 Å². The third-order valence-corrected chi connectivity index (χ3v) is 3.22. The molecule has 2 aromatic rings. The van der Waals surface area contributed by atoms with Crippen LogP contribution in [0.4, 0.5) is 10.7 Å². The SMILES string of the molecule is COC(=O)CNC(=O)Nc1ncc(-c2ccc(OC)cc2)n1C. The fraction of sp³-hybridized carbons (Fsp3) is 0.267. The minimum absolute atomic E-state index is 0.210. The Morgan fingerprint density at radius 2 is 1.91 bits per heavy atom. The highest BCUT2D eigenvalue weighted by Crippen LogP contribution is 2.24. The number of imidazole rings is 1. The quantitative estimate of drug-likeness (QED) is 0.812. The molecular formula is C15H18N4O4. The maximum absolute atomic E-state index is 11.7. The smallest absolute Gasteiger partial charge is 0.325 e. The number of rotatable bonds is 5. The molecule has 2 N–H and O–H groups in total. The number of urea groups is 1. The highest BCUT2D eigenvalue weighted by atomic mass is 16.5. The van der Waals surface area contributed by atoms with E-state index in [2.05, 4.69) is 20.4 Å². The molecule has 0 saturated heterocycles. The highest BCUT2D eigenvalue weighted by molar-refractivity contribution is 5.90. The predicted molar refractivity (Wildman–Crippen MR) is 84.2 cm³/mol. The van der Waals surface area contributed by atoms with E-state index in [0.29, 0.717) is 5.95 Å². The number of nitrogens with zero attached hydrogens (tertiary/aromatic N) is 2. The Morgan fingerprint density at radius 1 is 1.22 bits per heavy atom. The molecule has 1 aromatic heterocycles. The molecule has 0 aliphatic heterocycles. The Hall–Kier alpha value is -3.03. The molecule has 0 aliphatic carbocycles. The van der Waals surface area contributed by atoms with E-state index in [1.807, 2.05) is 24.3 Å². The fourth-order valence-corrected chi connectivity index (χ4v) is 1.93. The van der Waals surface area contributed by atoms with Crippen LogP contribution >= 0.6 is 0 Å². The first-order valence-electron chi connectivity index (χ1n) is 6.83. The number of ether oxygens (including phenoxy) is 2. The molecule has 8 heteroatoms. The maximum atomic E-state index is 11.7. The lowest BCUT2D eigenvalue weighted by Gasteiger charge is -2.08. The summed E-state index contributed by atoms with van der Waals surface area (Å²) in [5, 5.41) is 4.95. The van der Waals surface area contributed by atoms with E-state index in [-0.39, 0.29) is 6.54 Å². The van der Waals surface area contributed by atoms with E-state index in [9.17, 15) is 9.59 Å². The van der Waals surface area contributed by atoms with E-state index in [1.54, 1.807) is 24.9 Å². The van der Waals surface area contributed by atoms with Gasteiger partial charge in [-0.05, 0) is 24.3 Å². The van der Waals surface area contributed by atoms with E-state index in [1.165, 1.54) is 7.11 Å². The Labute approximate surface area is 133 Å². The summed E-state index contributed by atoms with van der Waals surface area (Å²) < 4.78 is 11.3. The largest absolute Gasteiger partial charge is 0.497 e. The fourth-order valence-electron chi connectivity index (χ4n) is 1.93. The van der Waals surface area contributed by atoms with Crippen LogP contribution in [-0.2, 0) is 16.6 Å². The molecular weight excluding hydrogens is 300 g/mol. The van der Waals surface area contributed by atoms with Crippen molar-refractivity contribution in [2.24, 2.45) is 7.05 Å². The molecule has 0 saturated carbocycles. The number of esters is 1. The number of amides is 2. The Bertz CT molecular complexity index is 694. The van der Waals surface area contributed by atoms with E-state index in [4.69, 9.17) is 4.74 Å². The van der Waals surface area contributed by atoms with Crippen molar-refractivity contribution < 1.29 is 19.1 Å². The molecule has 0 radical (unpaired) electrons. The third-order valence-electron chi connectivity index (χ3n) is 3.22. The number of carbonyl (C=O) groups is 2. The van der Waals surface area contributed by atoms with Crippen molar-refractivity contribution in [3.63, 3.8) is 0 Å². The van der Waals surface area contributed by atoms with E-state index < -0.39 is 12.0 Å². The van der Waals surface area contributed by atoms with Crippen LogP contribution < -0.4 is 15.4 Å². The molecule has 8 nitrogen and oxygen atoms in total. The number of carbonyl (C=O) groups excluding carboxylic acids is 2. The highest BCUT2D eigenvalue weighted by Gasteiger charge is 2.12. The van der Waals surface area contributed by atoms with E-state index in [0.717, 1.165) is 17.0 Å². The van der Waals surface area contributed by atoms with Crippen molar-refractivity contribution in [2.75, 3.05) is 26.1 Å². The lowest BCUT2D eigenvalue weighted by atomic mass is 10.1. The number of anilines is 1. The van der Waals surface area contributed by atoms with Crippen LogP contribution in [0.1, 0.15) is 0 Å². The number of hydrogen-bond acceptors (Lipinski definition) is 5. The second-order valence-electron chi connectivity index (χ2n) is 4.64. The monoisotopic (exact) mass is 318 g/mol. The summed E-state index contributed by atoms with van der Waals surface area (Å²) in [6.07, 6.45) is 1.65. The van der Waals surface area contributed by atoms with Gasteiger partial charge in [0, 0.05) is 12.6 Å². The molecule has 0 spiro atoms. The molecule has 1 aromatic carbocycles. The summed E-state index contributed by atoms with van der Waals surface area (Å²) in [5.74, 6) is 0.591. The van der Waals surface area contributed by atoms with Crippen LogP contribution in [0.3, 0.4) is 0 Å². The van der Waals surface area contributed by atoms with Gasteiger partial charge in [-0.3, -0.25) is 10.1 Å². The number of methoxy groups -OCH3 is 2. The molecule has 122 valence electrons. The zero-order valence-corrected chi connectivity index (χ0v) is 13.1. The van der Waals surface area contributed by atoms with E-state index >= 15 is 0 Å². The Balaban J connectivity index is 2.06. The molecule has 2 rings (SSSR count). The summed E-state index contributed by atoms with van der Waals surface area (Å²) in [7, 11) is 4.64. The van der Waals surface area contributed by atoms with Gasteiger partial charge in [0.25, 0.3) is 0 Å². The van der Waals surface area contributed by atoms with Gasteiger partial charge >= 0.3 is 12.0 Å². The van der Waals surface area contributed by atoms with Gasteiger partial charge in [-0.2, -0.15) is 0 Å². The number of nitrogens with one attached hydrogen (secondary N) is 2. The summed E-state index contributed by atoms with van der Waals surface area (Å²) in [6, 6.07) is 6.95. The molecule has 0 atom stereocenters. The van der Waals surface area contributed by atoms with Crippen molar-refractivity contribution in [1.82, 2.24) is 14.9 Å². The van der Waals surface area contributed by atoms with Gasteiger partial charge in [0.2, 0.25) is 5.95 Å².